The van der Waals surface area contributed by atoms with Gasteiger partial charge in [0.1, 0.15) is 11.7 Å². The van der Waals surface area contributed by atoms with E-state index in [9.17, 15) is 19.5 Å². The highest BCUT2D eigenvalue weighted by molar-refractivity contribution is 5.95. The molecule has 2 bridgehead atoms. The lowest BCUT2D eigenvalue weighted by atomic mass is 9.44. The highest BCUT2D eigenvalue weighted by Gasteiger charge is 2.71. The molecule has 4 aliphatic rings. The van der Waals surface area contributed by atoms with Gasteiger partial charge in [-0.3, -0.25) is 9.59 Å². The molecule has 38 heavy (non-hydrogen) atoms. The molecule has 1 saturated heterocycles. The fraction of sp³-hybridized carbons (Fsp3) is 0.645. The Morgan fingerprint density at radius 1 is 1.08 bits per heavy atom. The van der Waals surface area contributed by atoms with Gasteiger partial charge in [0.15, 0.2) is 11.9 Å². The van der Waals surface area contributed by atoms with Crippen LogP contribution in [0.3, 0.4) is 0 Å². The van der Waals surface area contributed by atoms with Gasteiger partial charge in [-0.25, -0.2) is 4.79 Å². The molecule has 206 valence electrons. The van der Waals surface area contributed by atoms with Crippen LogP contribution >= 0.6 is 0 Å². The van der Waals surface area contributed by atoms with E-state index < -0.39 is 46.5 Å². The summed E-state index contributed by atoms with van der Waals surface area (Å²) in [7, 11) is 0. The number of carbonyl (C=O) groups excluding carboxylic acids is 3. The van der Waals surface area contributed by atoms with Crippen molar-refractivity contribution in [3.05, 3.63) is 47.0 Å². The molecule has 7 nitrogen and oxygen atoms in total. The van der Waals surface area contributed by atoms with Crippen LogP contribution in [-0.2, 0) is 23.8 Å². The van der Waals surface area contributed by atoms with Crippen LogP contribution in [0, 0.1) is 34.5 Å². The Bertz CT molecular complexity index is 1190. The second-order valence-electron chi connectivity index (χ2n) is 12.8. The first-order valence-corrected chi connectivity index (χ1v) is 13.8. The lowest BCUT2D eigenvalue weighted by Crippen LogP contribution is -2.73. The molecule has 5 rings (SSSR count). The van der Waals surface area contributed by atoms with Gasteiger partial charge in [-0.15, -0.1) is 0 Å². The number of aliphatic hydroxyl groups is 1. The standard InChI is InChI=1S/C31H40O7/c1-16-14-31(35)27(38-28(34)20-11-9-8-10-12-20)24-21-15-36-22(21)13-17(2)30(24,7)26(33)25(37-19(4)32)23(18(16)3)29(31,5)6/h8-12,16-17,21-22,24-25,27,35H,13-15H2,1-7H3/t16-,17-,21+,22+,24-,25+,27-,30+,31+/m0/s1. The van der Waals surface area contributed by atoms with Gasteiger partial charge in [0.2, 0.25) is 0 Å². The van der Waals surface area contributed by atoms with E-state index in [4.69, 9.17) is 14.2 Å². The zero-order chi connectivity index (χ0) is 27.8. The molecule has 0 amide bonds. The maximum atomic E-state index is 14.7. The first kappa shape index (κ1) is 27.1. The summed E-state index contributed by atoms with van der Waals surface area (Å²) in [6.07, 6.45) is -1.14. The molecule has 9 atom stereocenters. The number of benzene rings is 1. The normalized spacial score (nSPS) is 41.6. The van der Waals surface area contributed by atoms with Crippen molar-refractivity contribution in [2.45, 2.75) is 85.2 Å². The van der Waals surface area contributed by atoms with E-state index in [1.165, 1.54) is 6.92 Å². The number of ketones is 1. The fourth-order valence-electron chi connectivity index (χ4n) is 8.02. The van der Waals surface area contributed by atoms with Crippen molar-refractivity contribution in [1.82, 2.24) is 0 Å². The first-order valence-electron chi connectivity index (χ1n) is 13.8. The number of esters is 2. The Hall–Kier alpha value is -2.51. The number of allylic oxidation sites excluding steroid dienone is 1. The number of carbonyl (C=O) groups is 3. The van der Waals surface area contributed by atoms with Gasteiger partial charge < -0.3 is 19.3 Å². The lowest BCUT2D eigenvalue weighted by molar-refractivity contribution is -0.267. The van der Waals surface area contributed by atoms with Crippen LogP contribution in [0.1, 0.15) is 71.7 Å². The molecule has 3 aliphatic carbocycles. The van der Waals surface area contributed by atoms with Gasteiger partial charge in [0, 0.05) is 29.6 Å². The Morgan fingerprint density at radius 2 is 1.74 bits per heavy atom. The SMILES string of the molecule is CC(=O)O[C@H]1C(=O)[C@@]2(C)[C@@H]([C@@H]3CO[C@@H]3C[C@@H]2C)[C@H](OC(=O)c2ccccc2)[C@]2(O)C[C@H](C)C(C)=C1C2(C)C. The monoisotopic (exact) mass is 524 g/mol. The van der Waals surface area contributed by atoms with Crippen LogP contribution < -0.4 is 0 Å². The van der Waals surface area contributed by atoms with E-state index in [1.54, 1.807) is 24.3 Å². The number of rotatable bonds is 3. The molecular weight excluding hydrogens is 484 g/mol. The van der Waals surface area contributed by atoms with Crippen molar-refractivity contribution in [3.63, 3.8) is 0 Å². The molecule has 0 unspecified atom stereocenters. The Balaban J connectivity index is 1.77. The van der Waals surface area contributed by atoms with Crippen LogP contribution in [0.4, 0.5) is 0 Å². The molecule has 0 aromatic heterocycles. The topological polar surface area (TPSA) is 99.1 Å². The summed E-state index contributed by atoms with van der Waals surface area (Å²) in [5.41, 5.74) is -1.62. The first-order chi connectivity index (χ1) is 17.7. The number of fused-ring (bicyclic) bond motifs is 5. The molecule has 1 aromatic rings. The molecule has 3 fully saturated rings. The van der Waals surface area contributed by atoms with Crippen LogP contribution in [0.2, 0.25) is 0 Å². The van der Waals surface area contributed by atoms with E-state index in [1.807, 2.05) is 47.6 Å². The van der Waals surface area contributed by atoms with Gasteiger partial charge in [0.25, 0.3) is 0 Å². The second kappa shape index (κ2) is 9.02. The smallest absolute Gasteiger partial charge is 0.338 e. The fourth-order valence-corrected chi connectivity index (χ4v) is 8.02. The number of ether oxygens (including phenoxy) is 3. The average Bonchev–Trinajstić information content (AvgIpc) is 2.84. The van der Waals surface area contributed by atoms with E-state index >= 15 is 0 Å². The zero-order valence-corrected chi connectivity index (χ0v) is 23.4. The summed E-state index contributed by atoms with van der Waals surface area (Å²) in [6, 6.07) is 8.76. The molecule has 1 N–H and O–H groups in total. The van der Waals surface area contributed by atoms with Crippen LogP contribution in [-0.4, -0.2) is 53.3 Å². The maximum absolute atomic E-state index is 14.7. The maximum Gasteiger partial charge on any atom is 0.338 e. The molecule has 1 aliphatic heterocycles. The summed E-state index contributed by atoms with van der Waals surface area (Å²) >= 11 is 0. The van der Waals surface area contributed by atoms with Crippen molar-refractivity contribution in [1.29, 1.82) is 0 Å². The van der Waals surface area contributed by atoms with Crippen LogP contribution in [0.15, 0.2) is 41.5 Å². The van der Waals surface area contributed by atoms with E-state index in [-0.39, 0.29) is 29.6 Å². The van der Waals surface area contributed by atoms with Crippen molar-refractivity contribution in [3.8, 4) is 0 Å². The van der Waals surface area contributed by atoms with E-state index in [0.717, 1.165) is 5.57 Å². The summed E-state index contributed by atoms with van der Waals surface area (Å²) in [5.74, 6) is -2.11. The minimum absolute atomic E-state index is 0.0737. The predicted molar refractivity (Wildman–Crippen MR) is 140 cm³/mol. The summed E-state index contributed by atoms with van der Waals surface area (Å²) in [5, 5.41) is 12.9. The molecule has 0 spiro atoms. The Morgan fingerprint density at radius 3 is 2.32 bits per heavy atom. The predicted octanol–water partition coefficient (Wildman–Crippen LogP) is 4.52. The van der Waals surface area contributed by atoms with Gasteiger partial charge in [-0.2, -0.15) is 0 Å². The van der Waals surface area contributed by atoms with Crippen molar-refractivity contribution >= 4 is 17.7 Å². The van der Waals surface area contributed by atoms with Crippen molar-refractivity contribution in [2.75, 3.05) is 6.61 Å². The van der Waals surface area contributed by atoms with Gasteiger partial charge >= 0.3 is 11.9 Å². The highest BCUT2D eigenvalue weighted by Crippen LogP contribution is 2.64. The third-order valence-corrected chi connectivity index (χ3v) is 10.6. The van der Waals surface area contributed by atoms with E-state index in [0.29, 0.717) is 30.6 Å². The second-order valence-corrected chi connectivity index (χ2v) is 12.8. The summed E-state index contributed by atoms with van der Waals surface area (Å²) < 4.78 is 18.2. The van der Waals surface area contributed by atoms with Gasteiger partial charge in [-0.1, -0.05) is 58.4 Å². The summed E-state index contributed by atoms with van der Waals surface area (Å²) in [6.45, 7) is 13.4. The molecule has 2 saturated carbocycles. The molecule has 7 heteroatoms. The van der Waals surface area contributed by atoms with Crippen molar-refractivity contribution < 1.29 is 33.7 Å². The summed E-state index contributed by atoms with van der Waals surface area (Å²) in [4.78, 5) is 40.7. The Kier molecular flexibility index (Phi) is 6.43. The average molecular weight is 525 g/mol. The third kappa shape index (κ3) is 3.64. The molecule has 0 radical (unpaired) electrons. The molecular formula is C31H40O7. The quantitative estimate of drug-likeness (QED) is 0.459. The van der Waals surface area contributed by atoms with Crippen molar-refractivity contribution in [2.24, 2.45) is 34.5 Å². The zero-order valence-electron chi connectivity index (χ0n) is 23.4. The van der Waals surface area contributed by atoms with Gasteiger partial charge in [-0.05, 0) is 49.3 Å². The van der Waals surface area contributed by atoms with Crippen LogP contribution in [0.5, 0.6) is 0 Å². The molecule has 1 aromatic carbocycles. The Labute approximate surface area is 224 Å². The minimum atomic E-state index is -1.52. The minimum Gasteiger partial charge on any atom is -0.455 e. The van der Waals surface area contributed by atoms with Gasteiger partial charge in [0.05, 0.1) is 18.3 Å². The molecule has 1 heterocycles. The number of hydrogen-bond donors (Lipinski definition) is 1. The van der Waals surface area contributed by atoms with Crippen LogP contribution in [0.25, 0.3) is 0 Å². The number of hydrogen-bond acceptors (Lipinski definition) is 7. The lowest BCUT2D eigenvalue weighted by Gasteiger charge is -2.65. The van der Waals surface area contributed by atoms with E-state index in [2.05, 4.69) is 0 Å². The highest BCUT2D eigenvalue weighted by atomic mass is 16.6. The number of Topliss-reactive ketones (excluding diaryl/α,β-unsaturated/α-hetero) is 1. The largest absolute Gasteiger partial charge is 0.455 e. The third-order valence-electron chi connectivity index (χ3n) is 10.6.